The summed E-state index contributed by atoms with van der Waals surface area (Å²) in [6, 6.07) is 8.70. The monoisotopic (exact) mass is 381 g/mol. The molecule has 1 fully saturated rings. The molecule has 1 saturated heterocycles. The largest absolute Gasteiger partial charge is 0.465 e. The number of furan rings is 1. The van der Waals surface area contributed by atoms with E-state index in [-0.39, 0.29) is 5.91 Å². The van der Waals surface area contributed by atoms with Crippen molar-refractivity contribution in [1.82, 2.24) is 15.1 Å². The van der Waals surface area contributed by atoms with Crippen molar-refractivity contribution in [3.05, 3.63) is 58.0 Å². The number of carbonyl (C=O) groups excluding carboxylic acids is 1. The summed E-state index contributed by atoms with van der Waals surface area (Å²) in [7, 11) is 0. The van der Waals surface area contributed by atoms with Crippen molar-refractivity contribution in [3.8, 4) is 0 Å². The molecule has 0 unspecified atom stereocenters. The molecule has 28 heavy (non-hydrogen) atoms. The Labute approximate surface area is 167 Å². The van der Waals surface area contributed by atoms with Gasteiger partial charge in [0, 0.05) is 44.7 Å². The first-order valence-electron chi connectivity index (χ1n) is 10.5. The van der Waals surface area contributed by atoms with Gasteiger partial charge in [0.15, 0.2) is 0 Å². The highest BCUT2D eigenvalue weighted by Gasteiger charge is 2.28. The summed E-state index contributed by atoms with van der Waals surface area (Å²) >= 11 is 0. The summed E-state index contributed by atoms with van der Waals surface area (Å²) in [5, 5.41) is 3.11. The molecule has 1 aromatic carbocycles. The van der Waals surface area contributed by atoms with Gasteiger partial charge in [0.25, 0.3) is 5.91 Å². The number of hydrogen-bond acceptors (Lipinski definition) is 4. The topological polar surface area (TPSA) is 48.7 Å². The van der Waals surface area contributed by atoms with Gasteiger partial charge in [-0.3, -0.25) is 9.69 Å². The van der Waals surface area contributed by atoms with Crippen LogP contribution in [0, 0.1) is 13.8 Å². The Hall–Kier alpha value is -2.11. The van der Waals surface area contributed by atoms with E-state index in [1.807, 2.05) is 6.92 Å². The van der Waals surface area contributed by atoms with Crippen molar-refractivity contribution in [2.45, 2.75) is 46.2 Å². The van der Waals surface area contributed by atoms with Crippen molar-refractivity contribution in [2.24, 2.45) is 0 Å². The lowest BCUT2D eigenvalue weighted by Crippen LogP contribution is -2.35. The van der Waals surface area contributed by atoms with Gasteiger partial charge in [-0.05, 0) is 45.3 Å². The second kappa shape index (κ2) is 8.50. The number of nitrogens with one attached hydrogen (secondary N) is 1. The zero-order chi connectivity index (χ0) is 19.5. The van der Waals surface area contributed by atoms with Crippen LogP contribution in [0.3, 0.4) is 0 Å². The minimum atomic E-state index is 0.0129. The van der Waals surface area contributed by atoms with Crippen LogP contribution in [0.25, 0.3) is 0 Å². The van der Waals surface area contributed by atoms with Crippen molar-refractivity contribution >= 4 is 5.91 Å². The number of fused-ring (bicyclic) bond motifs is 1. The van der Waals surface area contributed by atoms with Gasteiger partial charge in [-0.25, -0.2) is 0 Å². The van der Waals surface area contributed by atoms with Gasteiger partial charge < -0.3 is 14.6 Å². The van der Waals surface area contributed by atoms with Crippen LogP contribution < -0.4 is 5.32 Å². The van der Waals surface area contributed by atoms with E-state index in [1.54, 1.807) is 0 Å². The fraction of sp³-hybridized carbons (Fsp3) is 0.522. The molecule has 0 atom stereocenters. The van der Waals surface area contributed by atoms with Gasteiger partial charge >= 0.3 is 0 Å². The Morgan fingerprint density at radius 1 is 1.07 bits per heavy atom. The van der Waals surface area contributed by atoms with E-state index in [0.29, 0.717) is 6.54 Å². The van der Waals surface area contributed by atoms with Crippen LogP contribution in [0.2, 0.25) is 0 Å². The molecule has 0 spiro atoms. The second-order valence-corrected chi connectivity index (χ2v) is 8.19. The molecule has 2 aliphatic rings. The van der Waals surface area contributed by atoms with E-state index in [4.69, 9.17) is 4.42 Å². The van der Waals surface area contributed by atoms with E-state index in [2.05, 4.69) is 46.3 Å². The number of likely N-dealkylation sites (tertiary alicyclic amines) is 1. The number of aryl methyl sites for hydroxylation is 2. The number of carbonyl (C=O) groups is 1. The van der Waals surface area contributed by atoms with Crippen LogP contribution in [0.4, 0.5) is 0 Å². The van der Waals surface area contributed by atoms with E-state index >= 15 is 0 Å². The quantitative estimate of drug-likeness (QED) is 0.834. The van der Waals surface area contributed by atoms with Crippen molar-refractivity contribution in [2.75, 3.05) is 32.7 Å². The lowest BCUT2D eigenvalue weighted by molar-refractivity contribution is 0.0946. The van der Waals surface area contributed by atoms with Gasteiger partial charge in [0.2, 0.25) is 0 Å². The molecule has 4 rings (SSSR count). The maximum atomic E-state index is 12.9. The summed E-state index contributed by atoms with van der Waals surface area (Å²) in [6.07, 6.45) is 3.42. The van der Waals surface area contributed by atoms with Crippen LogP contribution in [-0.4, -0.2) is 48.4 Å². The van der Waals surface area contributed by atoms with Crippen LogP contribution in [-0.2, 0) is 19.5 Å². The SMILES string of the molecule is Cc1ccc(CN2CCc3oc(C)c(C(=O)NCCN4CCCC4)c3C2)cc1. The molecule has 1 aromatic heterocycles. The summed E-state index contributed by atoms with van der Waals surface area (Å²) < 4.78 is 5.95. The summed E-state index contributed by atoms with van der Waals surface area (Å²) in [6.45, 7) is 10.6. The van der Waals surface area contributed by atoms with Crippen molar-refractivity contribution in [3.63, 3.8) is 0 Å². The molecule has 5 heteroatoms. The molecule has 0 radical (unpaired) electrons. The number of hydrogen-bond donors (Lipinski definition) is 1. The normalized spacial score (nSPS) is 17.6. The van der Waals surface area contributed by atoms with Gasteiger partial charge in [-0.1, -0.05) is 29.8 Å². The molecule has 1 N–H and O–H groups in total. The number of amides is 1. The zero-order valence-electron chi connectivity index (χ0n) is 17.1. The predicted molar refractivity (Wildman–Crippen MR) is 110 cm³/mol. The van der Waals surface area contributed by atoms with Gasteiger partial charge in [0.05, 0.1) is 5.56 Å². The molecule has 2 aliphatic heterocycles. The maximum absolute atomic E-state index is 12.9. The average Bonchev–Trinajstić information content (AvgIpc) is 3.30. The zero-order valence-corrected chi connectivity index (χ0v) is 17.1. The molecule has 2 aromatic rings. The molecule has 1 amide bonds. The Morgan fingerprint density at radius 2 is 1.82 bits per heavy atom. The molecule has 0 bridgehead atoms. The third-order valence-corrected chi connectivity index (χ3v) is 5.97. The van der Waals surface area contributed by atoms with Gasteiger partial charge in [-0.2, -0.15) is 0 Å². The summed E-state index contributed by atoms with van der Waals surface area (Å²) in [4.78, 5) is 17.7. The summed E-state index contributed by atoms with van der Waals surface area (Å²) in [5.74, 6) is 1.75. The van der Waals surface area contributed by atoms with Crippen molar-refractivity contribution < 1.29 is 9.21 Å². The lowest BCUT2D eigenvalue weighted by atomic mass is 10.0. The fourth-order valence-corrected chi connectivity index (χ4v) is 4.39. The van der Waals surface area contributed by atoms with Crippen LogP contribution in [0.1, 0.15) is 51.4 Å². The third-order valence-electron chi connectivity index (χ3n) is 5.97. The Kier molecular flexibility index (Phi) is 5.83. The highest BCUT2D eigenvalue weighted by atomic mass is 16.3. The number of rotatable bonds is 6. The summed E-state index contributed by atoms with van der Waals surface area (Å²) in [5.41, 5.74) is 4.42. The number of nitrogens with zero attached hydrogens (tertiary/aromatic N) is 2. The smallest absolute Gasteiger partial charge is 0.255 e. The lowest BCUT2D eigenvalue weighted by Gasteiger charge is -2.26. The van der Waals surface area contributed by atoms with E-state index in [9.17, 15) is 4.79 Å². The molecule has 3 heterocycles. The first kappa shape index (κ1) is 19.2. The molecule has 0 saturated carbocycles. The molecule has 5 nitrogen and oxygen atoms in total. The minimum Gasteiger partial charge on any atom is -0.465 e. The van der Waals surface area contributed by atoms with Crippen LogP contribution in [0.5, 0.6) is 0 Å². The molecule has 150 valence electrons. The standard InChI is InChI=1S/C23H31N3O2/c1-17-5-7-19(8-6-17)15-26-13-9-21-20(16-26)22(18(2)28-21)23(27)24-10-14-25-11-3-4-12-25/h5-8H,3-4,9-16H2,1-2H3,(H,24,27). The van der Waals surface area contributed by atoms with E-state index in [0.717, 1.165) is 68.3 Å². The predicted octanol–water partition coefficient (Wildman–Crippen LogP) is 3.28. The van der Waals surface area contributed by atoms with Crippen LogP contribution >= 0.6 is 0 Å². The molecular weight excluding hydrogens is 350 g/mol. The second-order valence-electron chi connectivity index (χ2n) is 8.19. The third kappa shape index (κ3) is 4.31. The van der Waals surface area contributed by atoms with Gasteiger partial charge in [0.1, 0.15) is 11.5 Å². The first-order valence-corrected chi connectivity index (χ1v) is 10.5. The van der Waals surface area contributed by atoms with Crippen LogP contribution in [0.15, 0.2) is 28.7 Å². The number of benzene rings is 1. The Morgan fingerprint density at radius 3 is 2.57 bits per heavy atom. The van der Waals surface area contributed by atoms with E-state index in [1.165, 1.54) is 24.0 Å². The highest BCUT2D eigenvalue weighted by molar-refractivity contribution is 5.97. The van der Waals surface area contributed by atoms with Crippen molar-refractivity contribution in [1.29, 1.82) is 0 Å². The average molecular weight is 382 g/mol. The van der Waals surface area contributed by atoms with Gasteiger partial charge in [-0.15, -0.1) is 0 Å². The van der Waals surface area contributed by atoms with E-state index < -0.39 is 0 Å². The fourth-order valence-electron chi connectivity index (χ4n) is 4.39. The molecular formula is C23H31N3O2. The maximum Gasteiger partial charge on any atom is 0.255 e. The Balaban J connectivity index is 1.40. The Bertz CT molecular complexity index is 819. The minimum absolute atomic E-state index is 0.0129. The highest BCUT2D eigenvalue weighted by Crippen LogP contribution is 2.29. The molecule has 0 aliphatic carbocycles. The first-order chi connectivity index (χ1) is 13.6.